The summed E-state index contributed by atoms with van der Waals surface area (Å²) in [6.07, 6.45) is 8.73. The van der Waals surface area contributed by atoms with E-state index in [0.29, 0.717) is 0 Å². The maximum absolute atomic E-state index is 6.05. The quantitative estimate of drug-likeness (QED) is 0.907. The Morgan fingerprint density at radius 3 is 3.12 bits per heavy atom. The molecule has 1 aliphatic carbocycles. The van der Waals surface area contributed by atoms with Gasteiger partial charge < -0.3 is 5.73 Å². The van der Waals surface area contributed by atoms with E-state index in [9.17, 15) is 0 Å². The minimum atomic E-state index is 0.199. The molecule has 1 aromatic rings. The number of rotatable bonds is 2. The zero-order valence-corrected chi connectivity index (χ0v) is 11.2. The average molecular weight is 284 g/mol. The lowest BCUT2D eigenvalue weighted by atomic mass is 10.1. The van der Waals surface area contributed by atoms with Gasteiger partial charge in [-0.25, -0.2) is 0 Å². The molecule has 1 aliphatic rings. The van der Waals surface area contributed by atoms with Crippen molar-refractivity contribution in [3.8, 4) is 0 Å². The van der Waals surface area contributed by atoms with Gasteiger partial charge in [0.05, 0.1) is 16.4 Å². The number of hydrogen-bond donors (Lipinski definition) is 1. The molecular formula is C12H18BrN3. The highest BCUT2D eigenvalue weighted by molar-refractivity contribution is 9.10. The van der Waals surface area contributed by atoms with E-state index in [1.165, 1.54) is 24.1 Å². The van der Waals surface area contributed by atoms with Crippen molar-refractivity contribution < 1.29 is 0 Å². The molecule has 0 bridgehead atoms. The molecule has 4 heteroatoms. The van der Waals surface area contributed by atoms with Crippen LogP contribution in [0.2, 0.25) is 0 Å². The van der Waals surface area contributed by atoms with Crippen molar-refractivity contribution in [3.63, 3.8) is 0 Å². The number of halogens is 1. The van der Waals surface area contributed by atoms with Crippen molar-refractivity contribution in [1.29, 1.82) is 0 Å². The predicted molar refractivity (Wildman–Crippen MR) is 70.0 cm³/mol. The Hall–Kier alpha value is -0.610. The second-order valence-electron chi connectivity index (χ2n) is 4.26. The first-order valence-electron chi connectivity index (χ1n) is 5.90. The largest absolute Gasteiger partial charge is 0.324 e. The van der Waals surface area contributed by atoms with Crippen molar-refractivity contribution in [2.24, 2.45) is 5.73 Å². The summed E-state index contributed by atoms with van der Waals surface area (Å²) in [6.45, 7) is 3.01. The van der Waals surface area contributed by atoms with Crippen LogP contribution in [-0.4, -0.2) is 15.8 Å². The van der Waals surface area contributed by atoms with Crippen LogP contribution in [0.15, 0.2) is 16.7 Å². The van der Waals surface area contributed by atoms with E-state index in [2.05, 4.69) is 34.0 Å². The van der Waals surface area contributed by atoms with Gasteiger partial charge in [0.2, 0.25) is 0 Å². The monoisotopic (exact) mass is 283 g/mol. The highest BCUT2D eigenvalue weighted by Crippen LogP contribution is 2.30. The summed E-state index contributed by atoms with van der Waals surface area (Å²) >= 11 is 3.57. The fraction of sp³-hybridized carbons (Fsp3) is 0.583. The SMILES string of the molecule is CCn1ncc(Br)c1C1=CC(N)CCCC1. The van der Waals surface area contributed by atoms with Gasteiger partial charge in [-0.1, -0.05) is 12.5 Å². The first-order valence-corrected chi connectivity index (χ1v) is 6.69. The summed E-state index contributed by atoms with van der Waals surface area (Å²) in [4.78, 5) is 0. The van der Waals surface area contributed by atoms with E-state index in [1.54, 1.807) is 0 Å². The van der Waals surface area contributed by atoms with E-state index in [0.717, 1.165) is 23.9 Å². The lowest BCUT2D eigenvalue weighted by Gasteiger charge is -2.10. The fourth-order valence-electron chi connectivity index (χ4n) is 2.24. The Morgan fingerprint density at radius 1 is 1.56 bits per heavy atom. The number of aryl methyl sites for hydroxylation is 1. The van der Waals surface area contributed by atoms with Gasteiger partial charge in [-0.15, -0.1) is 0 Å². The lowest BCUT2D eigenvalue weighted by molar-refractivity contribution is 0.644. The summed E-state index contributed by atoms with van der Waals surface area (Å²) < 4.78 is 3.11. The minimum Gasteiger partial charge on any atom is -0.324 e. The van der Waals surface area contributed by atoms with E-state index >= 15 is 0 Å². The van der Waals surface area contributed by atoms with Crippen LogP contribution in [0, 0.1) is 0 Å². The Morgan fingerprint density at radius 2 is 2.38 bits per heavy atom. The highest BCUT2D eigenvalue weighted by Gasteiger charge is 2.16. The molecule has 0 amide bonds. The standard InChI is InChI=1S/C12H18BrN3/c1-2-16-12(11(13)8-15-16)9-5-3-4-6-10(14)7-9/h7-8,10H,2-6,14H2,1H3. The van der Waals surface area contributed by atoms with Crippen LogP contribution in [0.4, 0.5) is 0 Å². The molecule has 2 N–H and O–H groups in total. The summed E-state index contributed by atoms with van der Waals surface area (Å²) in [7, 11) is 0. The van der Waals surface area contributed by atoms with Crippen LogP contribution in [0.5, 0.6) is 0 Å². The molecular weight excluding hydrogens is 266 g/mol. The van der Waals surface area contributed by atoms with Crippen molar-refractivity contribution >= 4 is 21.5 Å². The first-order chi connectivity index (χ1) is 7.72. The number of nitrogens with two attached hydrogens (primary N) is 1. The maximum Gasteiger partial charge on any atom is 0.0781 e. The van der Waals surface area contributed by atoms with Crippen LogP contribution < -0.4 is 5.73 Å². The van der Waals surface area contributed by atoms with Gasteiger partial charge >= 0.3 is 0 Å². The normalized spacial score (nSPS) is 21.7. The molecule has 0 spiro atoms. The molecule has 88 valence electrons. The van der Waals surface area contributed by atoms with E-state index in [1.807, 2.05) is 10.9 Å². The molecule has 1 unspecified atom stereocenters. The van der Waals surface area contributed by atoms with Crippen molar-refractivity contribution in [3.05, 3.63) is 22.4 Å². The maximum atomic E-state index is 6.05. The molecule has 16 heavy (non-hydrogen) atoms. The molecule has 1 aromatic heterocycles. The van der Waals surface area contributed by atoms with Crippen LogP contribution in [0.3, 0.4) is 0 Å². The van der Waals surface area contributed by atoms with E-state index < -0.39 is 0 Å². The summed E-state index contributed by atoms with van der Waals surface area (Å²) in [5, 5.41) is 4.35. The Kier molecular flexibility index (Phi) is 3.82. The fourth-order valence-corrected chi connectivity index (χ4v) is 2.79. The van der Waals surface area contributed by atoms with Crippen LogP contribution >= 0.6 is 15.9 Å². The third-order valence-electron chi connectivity index (χ3n) is 3.05. The van der Waals surface area contributed by atoms with Gasteiger partial charge in [-0.2, -0.15) is 5.10 Å². The molecule has 1 heterocycles. The number of allylic oxidation sites excluding steroid dienone is 1. The summed E-state index contributed by atoms with van der Waals surface area (Å²) in [6, 6.07) is 0.199. The zero-order chi connectivity index (χ0) is 11.5. The Bertz CT molecular complexity index is 395. The molecule has 0 saturated heterocycles. The molecule has 0 aromatic carbocycles. The molecule has 0 radical (unpaired) electrons. The second kappa shape index (κ2) is 5.15. The van der Waals surface area contributed by atoms with Crippen LogP contribution in [-0.2, 0) is 6.54 Å². The van der Waals surface area contributed by atoms with Crippen molar-refractivity contribution in [2.45, 2.75) is 45.2 Å². The minimum absolute atomic E-state index is 0.199. The number of hydrogen-bond acceptors (Lipinski definition) is 2. The molecule has 3 nitrogen and oxygen atoms in total. The second-order valence-corrected chi connectivity index (χ2v) is 5.11. The zero-order valence-electron chi connectivity index (χ0n) is 9.62. The molecule has 0 fully saturated rings. The predicted octanol–water partition coefficient (Wildman–Crippen LogP) is 2.95. The third-order valence-corrected chi connectivity index (χ3v) is 3.63. The smallest absolute Gasteiger partial charge is 0.0781 e. The van der Waals surface area contributed by atoms with Gasteiger partial charge in [0.1, 0.15) is 0 Å². The first kappa shape index (κ1) is 11.9. The van der Waals surface area contributed by atoms with E-state index in [-0.39, 0.29) is 6.04 Å². The van der Waals surface area contributed by atoms with Crippen LogP contribution in [0.25, 0.3) is 5.57 Å². The Balaban J connectivity index is 2.37. The van der Waals surface area contributed by atoms with Gasteiger partial charge in [-0.05, 0) is 47.7 Å². The number of aromatic nitrogens is 2. The summed E-state index contributed by atoms with van der Waals surface area (Å²) in [5.74, 6) is 0. The van der Waals surface area contributed by atoms with Gasteiger partial charge in [0, 0.05) is 12.6 Å². The Labute approximate surface area is 105 Å². The van der Waals surface area contributed by atoms with Gasteiger partial charge in [-0.3, -0.25) is 4.68 Å². The highest BCUT2D eigenvalue weighted by atomic mass is 79.9. The van der Waals surface area contributed by atoms with Crippen molar-refractivity contribution in [2.75, 3.05) is 0 Å². The number of nitrogens with zero attached hydrogens (tertiary/aromatic N) is 2. The molecule has 0 aliphatic heterocycles. The lowest BCUT2D eigenvalue weighted by Crippen LogP contribution is -2.16. The topological polar surface area (TPSA) is 43.8 Å². The van der Waals surface area contributed by atoms with Gasteiger partial charge in [0.15, 0.2) is 0 Å². The molecule has 1 atom stereocenters. The molecule has 2 rings (SSSR count). The third kappa shape index (κ3) is 2.38. The van der Waals surface area contributed by atoms with Crippen LogP contribution in [0.1, 0.15) is 38.3 Å². The molecule has 0 saturated carbocycles. The van der Waals surface area contributed by atoms with Gasteiger partial charge in [0.25, 0.3) is 0 Å². The van der Waals surface area contributed by atoms with E-state index in [4.69, 9.17) is 5.73 Å². The average Bonchev–Trinajstić information content (AvgIpc) is 2.50. The summed E-state index contributed by atoms with van der Waals surface area (Å²) in [5.41, 5.74) is 8.60. The van der Waals surface area contributed by atoms with Crippen molar-refractivity contribution in [1.82, 2.24) is 9.78 Å².